The van der Waals surface area contributed by atoms with Gasteiger partial charge in [-0.3, -0.25) is 0 Å². The van der Waals surface area contributed by atoms with Crippen LogP contribution in [0, 0.1) is 5.92 Å². The zero-order valence-electron chi connectivity index (χ0n) is 11.0. The summed E-state index contributed by atoms with van der Waals surface area (Å²) in [5, 5.41) is 22.8. The van der Waals surface area contributed by atoms with Crippen LogP contribution in [0.5, 0.6) is 5.75 Å². The van der Waals surface area contributed by atoms with E-state index in [0.29, 0.717) is 24.0 Å². The van der Waals surface area contributed by atoms with Crippen LogP contribution >= 0.6 is 11.6 Å². The second-order valence-corrected chi connectivity index (χ2v) is 4.97. The summed E-state index contributed by atoms with van der Waals surface area (Å²) in [6, 6.07) is 5.13. The Morgan fingerprint density at radius 1 is 1.28 bits per heavy atom. The van der Waals surface area contributed by atoms with E-state index in [2.05, 4.69) is 19.2 Å². The number of aliphatic hydroxyl groups excluding tert-OH is 1. The van der Waals surface area contributed by atoms with Crippen molar-refractivity contribution in [1.29, 1.82) is 0 Å². The van der Waals surface area contributed by atoms with Crippen LogP contribution in [0.15, 0.2) is 18.2 Å². The number of benzene rings is 1. The molecular weight excluding hydrogens is 250 g/mol. The number of phenols is 1. The van der Waals surface area contributed by atoms with Crippen molar-refractivity contribution in [3.05, 3.63) is 28.8 Å². The maximum absolute atomic E-state index is 9.96. The average molecular weight is 272 g/mol. The Balaban J connectivity index is 2.39. The topological polar surface area (TPSA) is 52.5 Å². The average Bonchev–Trinajstić information content (AvgIpc) is 2.35. The Bertz CT molecular complexity index is 367. The molecule has 0 aliphatic heterocycles. The minimum Gasteiger partial charge on any atom is -0.506 e. The standard InChI is InChI=1S/C14H22ClNO2/c1-3-11(4-2)14(18)9-16-8-10-5-6-13(17)12(15)7-10/h5-7,11,14,16-18H,3-4,8-9H2,1-2H3. The third-order valence-electron chi connectivity index (χ3n) is 3.29. The summed E-state index contributed by atoms with van der Waals surface area (Å²) in [7, 11) is 0. The highest BCUT2D eigenvalue weighted by Crippen LogP contribution is 2.23. The fraction of sp³-hybridized carbons (Fsp3) is 0.571. The van der Waals surface area contributed by atoms with E-state index in [1.165, 1.54) is 0 Å². The molecule has 4 heteroatoms. The van der Waals surface area contributed by atoms with Gasteiger partial charge in [-0.25, -0.2) is 0 Å². The van der Waals surface area contributed by atoms with Gasteiger partial charge in [0.1, 0.15) is 5.75 Å². The Morgan fingerprint density at radius 2 is 1.94 bits per heavy atom. The first-order valence-corrected chi connectivity index (χ1v) is 6.82. The van der Waals surface area contributed by atoms with Crippen LogP contribution in [-0.2, 0) is 6.54 Å². The maximum atomic E-state index is 9.96. The van der Waals surface area contributed by atoms with E-state index in [1.807, 2.05) is 6.07 Å². The molecule has 1 aromatic rings. The van der Waals surface area contributed by atoms with Crippen molar-refractivity contribution in [3.8, 4) is 5.75 Å². The van der Waals surface area contributed by atoms with Crippen molar-refractivity contribution in [2.75, 3.05) is 6.54 Å². The first-order valence-electron chi connectivity index (χ1n) is 6.44. The molecule has 1 atom stereocenters. The third kappa shape index (κ3) is 4.48. The van der Waals surface area contributed by atoms with Crippen molar-refractivity contribution in [2.24, 2.45) is 5.92 Å². The van der Waals surface area contributed by atoms with Crippen LogP contribution in [-0.4, -0.2) is 22.9 Å². The van der Waals surface area contributed by atoms with Crippen LogP contribution in [0.1, 0.15) is 32.3 Å². The van der Waals surface area contributed by atoms with E-state index >= 15 is 0 Å². The van der Waals surface area contributed by atoms with Gasteiger partial charge < -0.3 is 15.5 Å². The van der Waals surface area contributed by atoms with Crippen molar-refractivity contribution < 1.29 is 10.2 Å². The number of nitrogens with one attached hydrogen (secondary N) is 1. The summed E-state index contributed by atoms with van der Waals surface area (Å²) >= 11 is 5.82. The van der Waals surface area contributed by atoms with Crippen molar-refractivity contribution in [1.82, 2.24) is 5.32 Å². The molecule has 3 N–H and O–H groups in total. The van der Waals surface area contributed by atoms with Gasteiger partial charge in [0.05, 0.1) is 11.1 Å². The molecule has 0 bridgehead atoms. The molecule has 0 heterocycles. The fourth-order valence-corrected chi connectivity index (χ4v) is 2.23. The molecule has 0 aliphatic carbocycles. The summed E-state index contributed by atoms with van der Waals surface area (Å²) in [5.74, 6) is 0.443. The first kappa shape index (κ1) is 15.3. The van der Waals surface area contributed by atoms with Crippen LogP contribution in [0.4, 0.5) is 0 Å². The number of rotatable bonds is 7. The number of hydrogen-bond acceptors (Lipinski definition) is 3. The predicted molar refractivity (Wildman–Crippen MR) is 74.9 cm³/mol. The van der Waals surface area contributed by atoms with E-state index in [9.17, 15) is 10.2 Å². The van der Waals surface area contributed by atoms with Crippen molar-refractivity contribution in [3.63, 3.8) is 0 Å². The van der Waals surface area contributed by atoms with Crippen LogP contribution in [0.3, 0.4) is 0 Å². The SMILES string of the molecule is CCC(CC)C(O)CNCc1ccc(O)c(Cl)c1. The van der Waals surface area contributed by atoms with E-state index in [0.717, 1.165) is 18.4 Å². The predicted octanol–water partition coefficient (Wildman–Crippen LogP) is 2.93. The first-order chi connectivity index (χ1) is 8.58. The Kier molecular flexibility index (Phi) is 6.47. The molecule has 102 valence electrons. The Morgan fingerprint density at radius 3 is 2.50 bits per heavy atom. The van der Waals surface area contributed by atoms with E-state index in [-0.39, 0.29) is 11.9 Å². The molecule has 1 rings (SSSR count). The zero-order chi connectivity index (χ0) is 13.5. The second kappa shape index (κ2) is 7.62. The number of aliphatic hydroxyl groups is 1. The molecule has 18 heavy (non-hydrogen) atoms. The fourth-order valence-electron chi connectivity index (χ4n) is 2.02. The molecule has 0 radical (unpaired) electrons. The highest BCUT2D eigenvalue weighted by molar-refractivity contribution is 6.32. The van der Waals surface area contributed by atoms with Gasteiger partial charge in [-0.1, -0.05) is 44.4 Å². The molecule has 1 unspecified atom stereocenters. The highest BCUT2D eigenvalue weighted by Gasteiger charge is 2.14. The summed E-state index contributed by atoms with van der Waals surface area (Å²) in [6.07, 6.45) is 1.67. The van der Waals surface area contributed by atoms with Gasteiger partial charge in [0, 0.05) is 13.1 Å². The highest BCUT2D eigenvalue weighted by atomic mass is 35.5. The maximum Gasteiger partial charge on any atom is 0.134 e. The minimum atomic E-state index is -0.312. The van der Waals surface area contributed by atoms with Crippen molar-refractivity contribution >= 4 is 11.6 Å². The number of phenolic OH excluding ortho intramolecular Hbond substituents is 1. The largest absolute Gasteiger partial charge is 0.506 e. The second-order valence-electron chi connectivity index (χ2n) is 4.56. The number of aromatic hydroxyl groups is 1. The van der Waals surface area contributed by atoms with Gasteiger partial charge in [-0.2, -0.15) is 0 Å². The molecule has 3 nitrogen and oxygen atoms in total. The van der Waals surface area contributed by atoms with Crippen molar-refractivity contribution in [2.45, 2.75) is 39.3 Å². The van der Waals surface area contributed by atoms with Crippen LogP contribution in [0.2, 0.25) is 5.02 Å². The summed E-state index contributed by atoms with van der Waals surface area (Å²) < 4.78 is 0. The molecule has 0 fully saturated rings. The minimum absolute atomic E-state index is 0.0949. The van der Waals surface area contributed by atoms with Gasteiger partial charge in [0.2, 0.25) is 0 Å². The Labute approximate surface area is 114 Å². The third-order valence-corrected chi connectivity index (χ3v) is 3.59. The lowest BCUT2D eigenvalue weighted by molar-refractivity contribution is 0.101. The molecule has 0 aromatic heterocycles. The van der Waals surface area contributed by atoms with E-state index in [4.69, 9.17) is 11.6 Å². The molecule has 0 amide bonds. The molecule has 0 aliphatic rings. The molecule has 0 saturated carbocycles. The summed E-state index contributed by atoms with van der Waals surface area (Å²) in [6.45, 7) is 5.40. The quantitative estimate of drug-likeness (QED) is 0.715. The molecule has 0 spiro atoms. The number of halogens is 1. The normalized spacial score (nSPS) is 12.9. The van der Waals surface area contributed by atoms with Gasteiger partial charge >= 0.3 is 0 Å². The van der Waals surface area contributed by atoms with Gasteiger partial charge in [0.25, 0.3) is 0 Å². The summed E-state index contributed by atoms with van der Waals surface area (Å²) in [5.41, 5.74) is 0.995. The summed E-state index contributed by atoms with van der Waals surface area (Å²) in [4.78, 5) is 0. The number of hydrogen-bond donors (Lipinski definition) is 3. The zero-order valence-corrected chi connectivity index (χ0v) is 11.7. The smallest absolute Gasteiger partial charge is 0.134 e. The molecular formula is C14H22ClNO2. The molecule has 0 saturated heterocycles. The van der Waals surface area contributed by atoms with Gasteiger partial charge in [-0.05, 0) is 23.6 Å². The lowest BCUT2D eigenvalue weighted by Gasteiger charge is -2.20. The lowest BCUT2D eigenvalue weighted by Crippen LogP contribution is -2.32. The lowest BCUT2D eigenvalue weighted by atomic mass is 9.96. The molecule has 1 aromatic carbocycles. The van der Waals surface area contributed by atoms with Gasteiger partial charge in [-0.15, -0.1) is 0 Å². The van der Waals surface area contributed by atoms with E-state index < -0.39 is 0 Å². The van der Waals surface area contributed by atoms with Gasteiger partial charge in [0.15, 0.2) is 0 Å². The van der Waals surface area contributed by atoms with Crippen LogP contribution < -0.4 is 5.32 Å². The van der Waals surface area contributed by atoms with E-state index in [1.54, 1.807) is 12.1 Å². The Hall–Kier alpha value is -0.770. The monoisotopic (exact) mass is 271 g/mol. The van der Waals surface area contributed by atoms with Crippen LogP contribution in [0.25, 0.3) is 0 Å².